The number of azo groups is 2. The molecule has 252 valence electrons. The van der Waals surface area contributed by atoms with Crippen LogP contribution in [0.2, 0.25) is 0 Å². The van der Waals surface area contributed by atoms with Gasteiger partial charge in [0, 0.05) is 21.2 Å². The van der Waals surface area contributed by atoms with Crippen molar-refractivity contribution < 1.29 is 62.0 Å². The van der Waals surface area contributed by atoms with Crippen LogP contribution in [0.5, 0.6) is 11.5 Å². The molecule has 4 rings (SSSR count). The number of amides is 1. The number of carbonyl (C=O) groups is 1. The van der Waals surface area contributed by atoms with E-state index in [0.29, 0.717) is 34.4 Å². The normalized spacial score (nSPS) is 12.5. The quantitative estimate of drug-likeness (QED) is 0.0139. The number of phenolic OH excluding ortho intramolecular Hbond substituents is 1. The minimum atomic E-state index is -4.68. The van der Waals surface area contributed by atoms with Crippen LogP contribution in [-0.4, -0.2) is 46.7 Å². The number of carbonyl (C=O) groups excluding carboxylic acids is 1. The fourth-order valence-corrected chi connectivity index (χ4v) is 5.53. The lowest BCUT2D eigenvalue weighted by Gasteiger charge is -2.11. The molecule has 0 fully saturated rings. The number of nitrogens with one attached hydrogen (secondary N) is 1. The Morgan fingerprint density at radius 1 is 0.854 bits per heavy atom. The van der Waals surface area contributed by atoms with Gasteiger partial charge in [-0.25, -0.2) is 10.5 Å². The van der Waals surface area contributed by atoms with Crippen LogP contribution in [0.25, 0.3) is 10.8 Å². The van der Waals surface area contributed by atoms with E-state index in [1.54, 1.807) is 0 Å². The van der Waals surface area contributed by atoms with Gasteiger partial charge in [-0.15, -0.1) is 18.9 Å². The number of methoxy groups -OCH3 is 1. The Labute approximate surface area is 279 Å². The molecular formula is C27H23N5O13S3. The summed E-state index contributed by atoms with van der Waals surface area (Å²) < 4.78 is 47.9. The van der Waals surface area contributed by atoms with Gasteiger partial charge in [0.2, 0.25) is 0 Å². The summed E-state index contributed by atoms with van der Waals surface area (Å²) in [4.78, 5) is 13.1. The Kier molecular flexibility index (Phi) is 12.4. The molecule has 0 aliphatic rings. The maximum atomic E-state index is 13.0. The Morgan fingerprint density at radius 2 is 1.52 bits per heavy atom. The van der Waals surface area contributed by atoms with Gasteiger partial charge in [-0.2, -0.15) is 18.6 Å². The van der Waals surface area contributed by atoms with Crippen molar-refractivity contribution in [3.63, 3.8) is 0 Å². The van der Waals surface area contributed by atoms with Crippen LogP contribution in [0.15, 0.2) is 113 Å². The topological polar surface area (TPSA) is 260 Å². The average molecular weight is 722 g/mol. The van der Waals surface area contributed by atoms with E-state index in [-0.39, 0.29) is 44.5 Å². The molecule has 6 N–H and O–H groups in total. The molecule has 21 heteroatoms. The maximum Gasteiger partial charge on any atom is 0.295 e. The van der Waals surface area contributed by atoms with Gasteiger partial charge in [-0.3, -0.25) is 9.35 Å². The van der Waals surface area contributed by atoms with Crippen molar-refractivity contribution in [2.45, 2.75) is 21.6 Å². The number of hydrogen-bond acceptors (Lipinski definition) is 18. The van der Waals surface area contributed by atoms with Crippen LogP contribution in [-0.2, 0) is 33.7 Å². The van der Waals surface area contributed by atoms with Gasteiger partial charge in [0.1, 0.15) is 27.8 Å². The van der Waals surface area contributed by atoms with Crippen molar-refractivity contribution in [1.82, 2.24) is 0 Å². The maximum absolute atomic E-state index is 13.0. The first-order valence-electron chi connectivity index (χ1n) is 12.8. The third-order valence-corrected chi connectivity index (χ3v) is 7.98. The summed E-state index contributed by atoms with van der Waals surface area (Å²) in [6.45, 7) is 1.21. The number of aliphatic hydroxyl groups excluding tert-OH is 1. The minimum absolute atomic E-state index is 0.0903. The number of benzene rings is 4. The molecule has 0 heterocycles. The number of aliphatic hydroxyl groups is 1. The first-order valence-corrected chi connectivity index (χ1v) is 15.8. The molecule has 0 saturated carbocycles. The lowest BCUT2D eigenvalue weighted by Crippen LogP contribution is -2.15. The van der Waals surface area contributed by atoms with Gasteiger partial charge in [0.25, 0.3) is 16.0 Å². The van der Waals surface area contributed by atoms with Crippen molar-refractivity contribution in [2.75, 3.05) is 12.4 Å². The SMILES string of the molecule is COc1cc(N=Nc2ccc3cc(SOOO)cc(S(=O)(=O)O)c3c2)ccc1NC(=O)C(N=Nc1cc(SOOO)ccc1O)=C(C)O. The highest BCUT2D eigenvalue weighted by atomic mass is 32.2. The molecule has 4 aromatic rings. The van der Waals surface area contributed by atoms with Crippen LogP contribution in [0.3, 0.4) is 0 Å². The van der Waals surface area contributed by atoms with Crippen molar-refractivity contribution in [3.8, 4) is 11.5 Å². The second-order valence-electron chi connectivity index (χ2n) is 9.08. The predicted octanol–water partition coefficient (Wildman–Crippen LogP) is 7.58. The highest BCUT2D eigenvalue weighted by Gasteiger charge is 2.18. The molecule has 0 saturated heterocycles. The van der Waals surface area contributed by atoms with E-state index in [1.165, 1.54) is 74.7 Å². The first kappa shape index (κ1) is 36.2. The smallest absolute Gasteiger partial charge is 0.295 e. The second-order valence-corrected chi connectivity index (χ2v) is 12.0. The average Bonchev–Trinajstić information content (AvgIpc) is 3.06. The van der Waals surface area contributed by atoms with E-state index in [2.05, 4.69) is 44.5 Å². The first-order chi connectivity index (χ1) is 22.9. The highest BCUT2D eigenvalue weighted by molar-refractivity contribution is 7.94. The molecule has 0 spiro atoms. The Morgan fingerprint density at radius 3 is 2.17 bits per heavy atom. The highest BCUT2D eigenvalue weighted by Crippen LogP contribution is 2.36. The number of allylic oxidation sites excluding steroid dienone is 1. The molecule has 0 aliphatic carbocycles. The van der Waals surface area contributed by atoms with Crippen LogP contribution < -0.4 is 10.1 Å². The molecule has 48 heavy (non-hydrogen) atoms. The standard InChI is InChI=1S/C27H23N5O13S3/c1-14(33)26(32-31-22-12-18(46-44-42-36)6-8-23(22)34)27(35)28-21-7-5-17(11-24(21)41-2)30-29-16-4-3-15-9-19(47-45-43-37)13-25(20(15)10-16)48(38,39)40/h3-13,33-34,36-37H,1-2H3,(H,28,35)(H,38,39,40). The minimum Gasteiger partial charge on any atom is -0.510 e. The largest absolute Gasteiger partial charge is 0.510 e. The zero-order chi connectivity index (χ0) is 34.8. The van der Waals surface area contributed by atoms with Gasteiger partial charge in [-0.1, -0.05) is 16.1 Å². The van der Waals surface area contributed by atoms with E-state index in [4.69, 9.17) is 15.3 Å². The van der Waals surface area contributed by atoms with Crippen molar-refractivity contribution in [2.24, 2.45) is 20.5 Å². The molecule has 0 radical (unpaired) electrons. The third-order valence-electron chi connectivity index (χ3n) is 5.95. The van der Waals surface area contributed by atoms with E-state index < -0.39 is 32.4 Å². The number of fused-ring (bicyclic) bond motifs is 1. The van der Waals surface area contributed by atoms with E-state index in [9.17, 15) is 28.0 Å². The molecule has 4 aromatic carbocycles. The zero-order valence-electron chi connectivity index (χ0n) is 24.4. The Bertz CT molecular complexity index is 2020. The van der Waals surface area contributed by atoms with Crippen LogP contribution >= 0.6 is 24.1 Å². The molecule has 0 unspecified atom stereocenters. The summed E-state index contributed by atoms with van der Waals surface area (Å²) in [6.07, 6.45) is 0. The van der Waals surface area contributed by atoms with Crippen molar-refractivity contribution in [1.29, 1.82) is 0 Å². The molecule has 0 bridgehead atoms. The van der Waals surface area contributed by atoms with Gasteiger partial charge < -0.3 is 20.3 Å². The van der Waals surface area contributed by atoms with Crippen LogP contribution in [0.4, 0.5) is 22.7 Å². The number of rotatable bonds is 14. The van der Waals surface area contributed by atoms with E-state index >= 15 is 0 Å². The number of ether oxygens (including phenoxy) is 1. The fourth-order valence-electron chi connectivity index (χ4n) is 3.88. The zero-order valence-corrected chi connectivity index (χ0v) is 26.8. The van der Waals surface area contributed by atoms with Gasteiger partial charge in [-0.05, 0) is 66.9 Å². The van der Waals surface area contributed by atoms with E-state index in [0.717, 1.165) is 6.07 Å². The molecule has 0 atom stereocenters. The summed E-state index contributed by atoms with van der Waals surface area (Å²) in [7, 11) is -3.34. The summed E-state index contributed by atoms with van der Waals surface area (Å²) in [6, 6.07) is 15.5. The molecule has 18 nitrogen and oxygen atoms in total. The van der Waals surface area contributed by atoms with Crippen molar-refractivity contribution in [3.05, 3.63) is 78.2 Å². The number of anilines is 1. The summed E-state index contributed by atoms with van der Waals surface area (Å²) in [5, 5.41) is 62.9. The summed E-state index contributed by atoms with van der Waals surface area (Å²) >= 11 is 1.12. The second kappa shape index (κ2) is 16.4. The monoisotopic (exact) mass is 721 g/mol. The van der Waals surface area contributed by atoms with E-state index in [1.807, 2.05) is 0 Å². The predicted molar refractivity (Wildman–Crippen MR) is 169 cm³/mol. The Balaban J connectivity index is 1.55. The lowest BCUT2D eigenvalue weighted by molar-refractivity contribution is -0.432. The van der Waals surface area contributed by atoms with Crippen molar-refractivity contribution >= 4 is 73.6 Å². The number of phenols is 1. The number of aromatic hydroxyl groups is 1. The van der Waals surface area contributed by atoms with Crippen LogP contribution in [0.1, 0.15) is 6.92 Å². The number of hydrogen-bond donors (Lipinski definition) is 6. The molecule has 0 aliphatic heterocycles. The molecular weight excluding hydrogens is 699 g/mol. The molecule has 1 amide bonds. The van der Waals surface area contributed by atoms with Gasteiger partial charge in [0.05, 0.1) is 48.3 Å². The summed E-state index contributed by atoms with van der Waals surface area (Å²) in [5.41, 5.74) is 0.0688. The van der Waals surface area contributed by atoms with Gasteiger partial charge in [0.15, 0.2) is 5.70 Å². The fraction of sp³-hybridized carbons (Fsp3) is 0.0741. The van der Waals surface area contributed by atoms with Gasteiger partial charge >= 0.3 is 0 Å². The van der Waals surface area contributed by atoms with Crippen LogP contribution in [0, 0.1) is 0 Å². The number of nitrogens with zero attached hydrogens (tertiary/aromatic N) is 4. The summed E-state index contributed by atoms with van der Waals surface area (Å²) in [5.74, 6) is -1.52. The Hall–Kier alpha value is -4.68. The lowest BCUT2D eigenvalue weighted by atomic mass is 10.1. The molecule has 0 aromatic heterocycles. The third kappa shape index (κ3) is 9.45.